The normalized spacial score (nSPS) is 23.9. The van der Waals surface area contributed by atoms with Gasteiger partial charge in [0.2, 0.25) is 0 Å². The van der Waals surface area contributed by atoms with Crippen LogP contribution in [0, 0.1) is 0 Å². The summed E-state index contributed by atoms with van der Waals surface area (Å²) < 4.78 is 0. The van der Waals surface area contributed by atoms with E-state index in [0.29, 0.717) is 11.9 Å². The van der Waals surface area contributed by atoms with Gasteiger partial charge in [-0.25, -0.2) is 0 Å². The summed E-state index contributed by atoms with van der Waals surface area (Å²) in [6.45, 7) is 2.04. The van der Waals surface area contributed by atoms with Crippen molar-refractivity contribution in [1.29, 1.82) is 0 Å². The molecule has 5 nitrogen and oxygen atoms in total. The van der Waals surface area contributed by atoms with E-state index < -0.39 is 0 Å². The van der Waals surface area contributed by atoms with Crippen LogP contribution in [0.4, 0.5) is 5.82 Å². The summed E-state index contributed by atoms with van der Waals surface area (Å²) in [5, 5.41) is 8.13. The molecule has 2 rings (SSSR count). The third-order valence-corrected chi connectivity index (χ3v) is 2.60. The van der Waals surface area contributed by atoms with Gasteiger partial charge in [-0.1, -0.05) is 0 Å². The first-order valence-corrected chi connectivity index (χ1v) is 4.61. The molecule has 72 valence electrons. The van der Waals surface area contributed by atoms with Crippen LogP contribution in [0.25, 0.3) is 0 Å². The molecule has 1 fully saturated rings. The molecular weight excluding hydrogens is 166 g/mol. The number of anilines is 1. The summed E-state index contributed by atoms with van der Waals surface area (Å²) in [4.78, 5) is 4.03. The number of likely N-dealkylation sites (N-methyl/N-ethyl adjacent to an activating group) is 1. The van der Waals surface area contributed by atoms with Gasteiger partial charge in [0.15, 0.2) is 5.82 Å². The summed E-state index contributed by atoms with van der Waals surface area (Å²) in [6.07, 6.45) is 4.10. The summed E-state index contributed by atoms with van der Waals surface area (Å²) in [7, 11) is 2.14. The predicted octanol–water partition coefficient (Wildman–Crippen LogP) is -0.0455. The molecule has 1 aromatic rings. The van der Waals surface area contributed by atoms with Gasteiger partial charge in [-0.15, -0.1) is 5.10 Å². The van der Waals surface area contributed by atoms with Gasteiger partial charge < -0.3 is 10.6 Å². The number of hydrogen-bond donors (Lipinski definition) is 1. The first-order valence-electron chi connectivity index (χ1n) is 4.61. The Kier molecular flexibility index (Phi) is 2.18. The molecule has 1 aliphatic heterocycles. The molecule has 0 aromatic carbocycles. The predicted molar refractivity (Wildman–Crippen MR) is 50.1 cm³/mol. The van der Waals surface area contributed by atoms with Crippen molar-refractivity contribution in [1.82, 2.24) is 19.9 Å². The van der Waals surface area contributed by atoms with E-state index >= 15 is 0 Å². The number of rotatable bonds is 2. The van der Waals surface area contributed by atoms with Crippen LogP contribution in [-0.2, 0) is 6.54 Å². The summed E-state index contributed by atoms with van der Waals surface area (Å²) in [5.41, 5.74) is 5.48. The highest BCUT2D eigenvalue weighted by molar-refractivity contribution is 5.19. The van der Waals surface area contributed by atoms with E-state index in [2.05, 4.69) is 22.1 Å². The number of hydrogen-bond acceptors (Lipinski definition) is 4. The lowest BCUT2D eigenvalue weighted by Crippen LogP contribution is -2.30. The van der Waals surface area contributed by atoms with E-state index in [9.17, 15) is 0 Å². The lowest BCUT2D eigenvalue weighted by atomic mass is 10.2. The lowest BCUT2D eigenvalue weighted by Gasteiger charge is -2.17. The first-order chi connectivity index (χ1) is 6.25. The fraction of sp³-hybridized carbons (Fsp3) is 0.750. The highest BCUT2D eigenvalue weighted by atomic mass is 15.5. The largest absolute Gasteiger partial charge is 0.381 e. The zero-order valence-corrected chi connectivity index (χ0v) is 7.85. The van der Waals surface area contributed by atoms with E-state index in [1.54, 1.807) is 11.0 Å². The number of nitrogens with two attached hydrogens (primary N) is 1. The van der Waals surface area contributed by atoms with Crippen molar-refractivity contribution < 1.29 is 0 Å². The molecule has 13 heavy (non-hydrogen) atoms. The average Bonchev–Trinajstić information content (AvgIpc) is 2.64. The third kappa shape index (κ3) is 1.80. The average molecular weight is 181 g/mol. The Bertz CT molecular complexity index is 282. The first kappa shape index (κ1) is 8.50. The monoisotopic (exact) mass is 181 g/mol. The molecule has 0 radical (unpaired) electrons. The van der Waals surface area contributed by atoms with Crippen molar-refractivity contribution in [2.45, 2.75) is 25.4 Å². The molecule has 1 unspecified atom stereocenters. The molecule has 0 amide bonds. The van der Waals surface area contributed by atoms with Crippen LogP contribution in [-0.4, -0.2) is 39.5 Å². The molecule has 1 atom stereocenters. The highest BCUT2D eigenvalue weighted by Crippen LogP contribution is 2.15. The minimum Gasteiger partial charge on any atom is -0.381 e. The van der Waals surface area contributed by atoms with Crippen LogP contribution in [0.3, 0.4) is 0 Å². The second-order valence-electron chi connectivity index (χ2n) is 3.60. The number of nitrogen functional groups attached to an aromatic ring is 1. The van der Waals surface area contributed by atoms with Gasteiger partial charge in [-0.3, -0.25) is 0 Å². The standard InChI is InChI=1S/C8H15N5/c1-12-4-2-3-7(12)6-13-10-5-8(9)11-13/h5,7H,2-4,6H2,1H3,(H2,9,11). The minimum atomic E-state index is 0.501. The molecule has 1 aromatic heterocycles. The molecule has 2 N–H and O–H groups in total. The van der Waals surface area contributed by atoms with Crippen LogP contribution >= 0.6 is 0 Å². The van der Waals surface area contributed by atoms with Crippen molar-refractivity contribution in [2.24, 2.45) is 0 Å². The smallest absolute Gasteiger partial charge is 0.165 e. The van der Waals surface area contributed by atoms with Gasteiger partial charge in [-0.05, 0) is 26.4 Å². The van der Waals surface area contributed by atoms with Crippen molar-refractivity contribution in [3.63, 3.8) is 0 Å². The van der Waals surface area contributed by atoms with Gasteiger partial charge in [-0.2, -0.15) is 9.90 Å². The van der Waals surface area contributed by atoms with Crippen LogP contribution in [0.5, 0.6) is 0 Å². The molecule has 2 heterocycles. The molecule has 0 bridgehead atoms. The lowest BCUT2D eigenvalue weighted by molar-refractivity contribution is 0.264. The molecular formula is C8H15N5. The second kappa shape index (κ2) is 3.33. The van der Waals surface area contributed by atoms with E-state index in [0.717, 1.165) is 6.54 Å². The van der Waals surface area contributed by atoms with E-state index in [1.165, 1.54) is 19.4 Å². The van der Waals surface area contributed by atoms with Crippen molar-refractivity contribution in [3.05, 3.63) is 6.20 Å². The van der Waals surface area contributed by atoms with Crippen LogP contribution in [0.2, 0.25) is 0 Å². The van der Waals surface area contributed by atoms with Gasteiger partial charge in [0, 0.05) is 6.04 Å². The van der Waals surface area contributed by atoms with Crippen LogP contribution in [0.15, 0.2) is 6.20 Å². The maximum atomic E-state index is 5.48. The van der Waals surface area contributed by atoms with E-state index in [1.807, 2.05) is 0 Å². The molecule has 1 aliphatic rings. The SMILES string of the molecule is CN1CCCC1Cn1ncc(N)n1. The minimum absolute atomic E-state index is 0.501. The van der Waals surface area contributed by atoms with E-state index in [-0.39, 0.29) is 0 Å². The maximum absolute atomic E-state index is 5.48. The van der Waals surface area contributed by atoms with Crippen LogP contribution in [0.1, 0.15) is 12.8 Å². The quantitative estimate of drug-likeness (QED) is 0.695. The van der Waals surface area contributed by atoms with Crippen molar-refractivity contribution >= 4 is 5.82 Å². The zero-order chi connectivity index (χ0) is 9.26. The maximum Gasteiger partial charge on any atom is 0.165 e. The highest BCUT2D eigenvalue weighted by Gasteiger charge is 2.21. The Balaban J connectivity index is 1.97. The number of nitrogens with zero attached hydrogens (tertiary/aromatic N) is 4. The topological polar surface area (TPSA) is 60.0 Å². The Hall–Kier alpha value is -1.10. The fourth-order valence-corrected chi connectivity index (χ4v) is 1.80. The number of likely N-dealkylation sites (tertiary alicyclic amines) is 1. The molecule has 5 heteroatoms. The molecule has 0 spiro atoms. The second-order valence-corrected chi connectivity index (χ2v) is 3.60. The Labute approximate surface area is 77.5 Å². The summed E-state index contributed by atoms with van der Waals surface area (Å²) >= 11 is 0. The van der Waals surface area contributed by atoms with Gasteiger partial charge >= 0.3 is 0 Å². The molecule has 0 aliphatic carbocycles. The van der Waals surface area contributed by atoms with E-state index in [4.69, 9.17) is 5.73 Å². The van der Waals surface area contributed by atoms with Gasteiger partial charge in [0.05, 0.1) is 12.7 Å². The fourth-order valence-electron chi connectivity index (χ4n) is 1.80. The van der Waals surface area contributed by atoms with Gasteiger partial charge in [0.1, 0.15) is 0 Å². The Morgan fingerprint density at radius 3 is 3.08 bits per heavy atom. The van der Waals surface area contributed by atoms with Gasteiger partial charge in [0.25, 0.3) is 0 Å². The Morgan fingerprint density at radius 2 is 2.54 bits per heavy atom. The third-order valence-electron chi connectivity index (χ3n) is 2.60. The van der Waals surface area contributed by atoms with Crippen molar-refractivity contribution in [3.8, 4) is 0 Å². The molecule has 0 saturated carbocycles. The summed E-state index contributed by atoms with van der Waals surface area (Å²) in [5.74, 6) is 0.501. The Morgan fingerprint density at radius 1 is 1.69 bits per heavy atom. The van der Waals surface area contributed by atoms with Crippen LogP contribution < -0.4 is 5.73 Å². The summed E-state index contributed by atoms with van der Waals surface area (Å²) in [6, 6.07) is 0.576. The zero-order valence-electron chi connectivity index (χ0n) is 7.85. The number of aromatic nitrogens is 3. The molecule has 1 saturated heterocycles. The van der Waals surface area contributed by atoms with Crippen molar-refractivity contribution in [2.75, 3.05) is 19.3 Å².